The fourth-order valence-electron chi connectivity index (χ4n) is 1.00. The van der Waals surface area contributed by atoms with Crippen LogP contribution in [0.3, 0.4) is 0 Å². The second-order valence-electron chi connectivity index (χ2n) is 2.84. The summed E-state index contributed by atoms with van der Waals surface area (Å²) in [4.78, 5) is 23.2. The summed E-state index contributed by atoms with van der Waals surface area (Å²) in [6, 6.07) is 3.84. The molecule has 0 fully saturated rings. The number of ether oxygens (including phenoxy) is 1. The van der Waals surface area contributed by atoms with E-state index in [2.05, 4.69) is 10.1 Å². The zero-order chi connectivity index (χ0) is 11.1. The molecule has 4 nitrogen and oxygen atoms in total. The lowest BCUT2D eigenvalue weighted by Crippen LogP contribution is -2.25. The number of nitrogens with one attached hydrogen (secondary N) is 1. The van der Waals surface area contributed by atoms with Gasteiger partial charge in [-0.1, -0.05) is 6.07 Å². The minimum atomic E-state index is -0.485. The molecule has 0 spiro atoms. The molecule has 82 valence electrons. The smallest absolute Gasteiger partial charge is 0.315 e. The highest BCUT2D eigenvalue weighted by Crippen LogP contribution is 2.07. The molecule has 0 atom stereocenters. The van der Waals surface area contributed by atoms with Crippen LogP contribution in [0.25, 0.3) is 0 Å². The van der Waals surface area contributed by atoms with Gasteiger partial charge >= 0.3 is 5.97 Å². The average Bonchev–Trinajstić information content (AvgIpc) is 2.67. The monoisotopic (exact) mass is 227 g/mol. The maximum Gasteiger partial charge on any atom is 0.315 e. The Morgan fingerprint density at radius 1 is 1.53 bits per heavy atom. The van der Waals surface area contributed by atoms with Crippen LogP contribution in [0.4, 0.5) is 0 Å². The maximum absolute atomic E-state index is 11.2. The molecule has 1 N–H and O–H groups in total. The first kappa shape index (κ1) is 11.7. The van der Waals surface area contributed by atoms with Crippen molar-refractivity contribution in [1.29, 1.82) is 0 Å². The minimum Gasteiger partial charge on any atom is -0.466 e. The molecular formula is C10H13NO3S. The summed E-state index contributed by atoms with van der Waals surface area (Å²) in [5.41, 5.74) is 0. The first-order valence-corrected chi connectivity index (χ1v) is 5.55. The summed E-state index contributed by atoms with van der Waals surface area (Å²) in [6.07, 6.45) is -0.209. The lowest BCUT2D eigenvalue weighted by Gasteiger charge is -2.03. The van der Waals surface area contributed by atoms with Gasteiger partial charge in [-0.2, -0.15) is 0 Å². The second-order valence-corrected chi connectivity index (χ2v) is 3.87. The molecule has 0 bridgehead atoms. The zero-order valence-electron chi connectivity index (χ0n) is 8.49. The number of esters is 1. The van der Waals surface area contributed by atoms with E-state index in [-0.39, 0.29) is 12.3 Å². The van der Waals surface area contributed by atoms with Gasteiger partial charge in [-0.3, -0.25) is 9.59 Å². The van der Waals surface area contributed by atoms with E-state index < -0.39 is 5.97 Å². The van der Waals surface area contributed by atoms with E-state index in [9.17, 15) is 9.59 Å². The summed E-state index contributed by atoms with van der Waals surface area (Å²) >= 11 is 1.56. The third kappa shape index (κ3) is 4.60. The number of rotatable bonds is 5. The van der Waals surface area contributed by atoms with E-state index in [0.717, 1.165) is 4.88 Å². The van der Waals surface area contributed by atoms with Gasteiger partial charge in [-0.25, -0.2) is 0 Å². The van der Waals surface area contributed by atoms with Crippen LogP contribution < -0.4 is 5.32 Å². The van der Waals surface area contributed by atoms with Crippen LogP contribution in [0.2, 0.25) is 0 Å². The van der Waals surface area contributed by atoms with Gasteiger partial charge in [0, 0.05) is 4.88 Å². The Kier molecular flexibility index (Phi) is 4.83. The van der Waals surface area contributed by atoms with Crippen molar-refractivity contribution in [1.82, 2.24) is 5.32 Å². The molecule has 15 heavy (non-hydrogen) atoms. The first-order valence-electron chi connectivity index (χ1n) is 4.67. The highest BCUT2D eigenvalue weighted by Gasteiger charge is 2.09. The molecule has 0 unspecified atom stereocenters. The Hall–Kier alpha value is -1.36. The molecule has 0 aliphatic rings. The summed E-state index contributed by atoms with van der Waals surface area (Å²) in [6.45, 7) is 2.48. The molecule has 1 aromatic heterocycles. The third-order valence-corrected chi connectivity index (χ3v) is 2.53. The fraction of sp³-hybridized carbons (Fsp3) is 0.400. The van der Waals surface area contributed by atoms with Crippen LogP contribution in [0, 0.1) is 0 Å². The Labute approximate surface area is 92.2 Å². The second kappa shape index (κ2) is 6.19. The Bertz CT molecular complexity index is 321. The summed E-state index contributed by atoms with van der Waals surface area (Å²) < 4.78 is 4.65. The van der Waals surface area contributed by atoms with E-state index in [0.29, 0.717) is 13.2 Å². The summed E-state index contributed by atoms with van der Waals surface area (Å²) in [5, 5.41) is 4.58. The molecule has 5 heteroatoms. The van der Waals surface area contributed by atoms with Crippen molar-refractivity contribution in [3.63, 3.8) is 0 Å². The summed E-state index contributed by atoms with van der Waals surface area (Å²) in [7, 11) is 0. The van der Waals surface area contributed by atoms with E-state index >= 15 is 0 Å². The molecule has 0 aliphatic heterocycles. The van der Waals surface area contributed by atoms with Gasteiger partial charge in [-0.15, -0.1) is 11.3 Å². The number of hydrogen-bond acceptors (Lipinski definition) is 4. The largest absolute Gasteiger partial charge is 0.466 e. The van der Waals surface area contributed by atoms with E-state index in [1.165, 1.54) is 0 Å². The molecule has 0 saturated heterocycles. The topological polar surface area (TPSA) is 55.4 Å². The zero-order valence-corrected chi connectivity index (χ0v) is 9.30. The predicted octanol–water partition coefficient (Wildman–Crippen LogP) is 1.32. The van der Waals surface area contributed by atoms with Crippen molar-refractivity contribution in [2.75, 3.05) is 6.61 Å². The Balaban J connectivity index is 2.22. The van der Waals surface area contributed by atoms with Gasteiger partial charge in [0.1, 0.15) is 6.42 Å². The van der Waals surface area contributed by atoms with Gasteiger partial charge in [0.2, 0.25) is 5.91 Å². The number of carbonyl (C=O) groups excluding carboxylic acids is 2. The minimum absolute atomic E-state index is 0.209. The predicted molar refractivity (Wildman–Crippen MR) is 57.4 cm³/mol. The number of carbonyl (C=O) groups is 2. The molecule has 0 saturated carbocycles. The molecule has 0 radical (unpaired) electrons. The molecule has 0 aliphatic carbocycles. The number of thiophene rings is 1. The van der Waals surface area contributed by atoms with Crippen LogP contribution in [-0.4, -0.2) is 18.5 Å². The molecular weight excluding hydrogens is 214 g/mol. The molecule has 1 rings (SSSR count). The highest BCUT2D eigenvalue weighted by atomic mass is 32.1. The van der Waals surface area contributed by atoms with E-state index in [1.54, 1.807) is 18.3 Å². The normalized spacial score (nSPS) is 9.67. The van der Waals surface area contributed by atoms with Gasteiger partial charge in [-0.05, 0) is 18.4 Å². The molecule has 1 aromatic rings. The third-order valence-electron chi connectivity index (χ3n) is 1.65. The van der Waals surface area contributed by atoms with Crippen molar-refractivity contribution < 1.29 is 14.3 Å². The van der Waals surface area contributed by atoms with Crippen molar-refractivity contribution in [2.24, 2.45) is 0 Å². The highest BCUT2D eigenvalue weighted by molar-refractivity contribution is 7.09. The van der Waals surface area contributed by atoms with Crippen LogP contribution >= 0.6 is 11.3 Å². The van der Waals surface area contributed by atoms with Crippen LogP contribution in [-0.2, 0) is 20.9 Å². The lowest BCUT2D eigenvalue weighted by atomic mass is 10.4. The van der Waals surface area contributed by atoms with Crippen molar-refractivity contribution >= 4 is 23.2 Å². The quantitative estimate of drug-likeness (QED) is 0.609. The van der Waals surface area contributed by atoms with Gasteiger partial charge < -0.3 is 10.1 Å². The van der Waals surface area contributed by atoms with Crippen molar-refractivity contribution in [3.05, 3.63) is 22.4 Å². The van der Waals surface area contributed by atoms with Gasteiger partial charge in [0.05, 0.1) is 13.2 Å². The molecule has 1 amide bonds. The molecule has 1 heterocycles. The van der Waals surface area contributed by atoms with E-state index in [1.807, 2.05) is 17.5 Å². The molecule has 0 aromatic carbocycles. The van der Waals surface area contributed by atoms with Gasteiger partial charge in [0.25, 0.3) is 0 Å². The van der Waals surface area contributed by atoms with Crippen LogP contribution in [0.1, 0.15) is 18.2 Å². The first-order chi connectivity index (χ1) is 7.22. The lowest BCUT2D eigenvalue weighted by molar-refractivity contribution is -0.145. The maximum atomic E-state index is 11.2. The number of hydrogen-bond donors (Lipinski definition) is 1. The van der Waals surface area contributed by atoms with Crippen LogP contribution in [0.15, 0.2) is 17.5 Å². The fourth-order valence-corrected chi connectivity index (χ4v) is 1.65. The summed E-state index contributed by atoms with van der Waals surface area (Å²) in [5.74, 6) is -0.789. The van der Waals surface area contributed by atoms with Gasteiger partial charge in [0.15, 0.2) is 0 Å². The van der Waals surface area contributed by atoms with E-state index in [4.69, 9.17) is 0 Å². The van der Waals surface area contributed by atoms with Crippen LogP contribution in [0.5, 0.6) is 0 Å². The Morgan fingerprint density at radius 2 is 2.33 bits per heavy atom. The van der Waals surface area contributed by atoms with Crippen molar-refractivity contribution in [2.45, 2.75) is 19.9 Å². The number of amides is 1. The van der Waals surface area contributed by atoms with Crippen molar-refractivity contribution in [3.8, 4) is 0 Å². The Morgan fingerprint density at radius 3 is 2.93 bits per heavy atom. The SMILES string of the molecule is CCOC(=O)CC(=O)NCc1cccs1. The average molecular weight is 227 g/mol. The standard InChI is InChI=1S/C10H13NO3S/c1-2-14-10(13)6-9(12)11-7-8-4-3-5-15-8/h3-5H,2,6-7H2,1H3,(H,11,12).